The summed E-state index contributed by atoms with van der Waals surface area (Å²) in [6, 6.07) is 16.0. The smallest absolute Gasteiger partial charge is 0.236 e. The monoisotopic (exact) mass is 411 g/mol. The van der Waals surface area contributed by atoms with Gasteiger partial charge in [-0.3, -0.25) is 14.5 Å². The van der Waals surface area contributed by atoms with Crippen LogP contribution in [0.2, 0.25) is 0 Å². The third kappa shape index (κ3) is 5.25. The Bertz CT molecular complexity index is 860. The zero-order valence-electron chi connectivity index (χ0n) is 18.0. The molecule has 1 aliphatic rings. The van der Waals surface area contributed by atoms with E-state index in [9.17, 15) is 14.0 Å². The van der Waals surface area contributed by atoms with Gasteiger partial charge in [0, 0.05) is 39.8 Å². The molecule has 6 heteroatoms. The summed E-state index contributed by atoms with van der Waals surface area (Å²) in [6.07, 6.45) is 0. The van der Waals surface area contributed by atoms with Gasteiger partial charge in [0.2, 0.25) is 11.8 Å². The summed E-state index contributed by atoms with van der Waals surface area (Å²) < 4.78 is 13.0. The number of carbonyl (C=O) groups is 2. The molecule has 0 spiro atoms. The van der Waals surface area contributed by atoms with E-state index in [1.54, 1.807) is 24.1 Å². The third-order valence-corrected chi connectivity index (χ3v) is 5.81. The summed E-state index contributed by atoms with van der Waals surface area (Å²) in [6.45, 7) is 7.27. The van der Waals surface area contributed by atoms with Gasteiger partial charge in [-0.05, 0) is 37.1 Å². The van der Waals surface area contributed by atoms with Crippen LogP contribution in [0.4, 0.5) is 4.39 Å². The van der Waals surface area contributed by atoms with Crippen molar-refractivity contribution in [2.45, 2.75) is 25.8 Å². The quantitative estimate of drug-likeness (QED) is 0.734. The highest BCUT2D eigenvalue weighted by Crippen LogP contribution is 2.26. The molecule has 2 aromatic rings. The highest BCUT2D eigenvalue weighted by molar-refractivity contribution is 5.87. The molecule has 30 heavy (non-hydrogen) atoms. The van der Waals surface area contributed by atoms with Crippen molar-refractivity contribution in [3.05, 3.63) is 71.5 Å². The van der Waals surface area contributed by atoms with Gasteiger partial charge in [0.15, 0.2) is 0 Å². The summed E-state index contributed by atoms with van der Waals surface area (Å²) in [7, 11) is 1.76. The Morgan fingerprint density at radius 3 is 2.17 bits per heavy atom. The minimum atomic E-state index is -0.575. The molecule has 0 radical (unpaired) electrons. The summed E-state index contributed by atoms with van der Waals surface area (Å²) in [5.74, 6) is -0.146. The van der Waals surface area contributed by atoms with Crippen LogP contribution in [0.25, 0.3) is 0 Å². The van der Waals surface area contributed by atoms with E-state index in [0.717, 1.165) is 11.1 Å². The zero-order chi connectivity index (χ0) is 21.7. The first-order chi connectivity index (χ1) is 14.3. The Kier molecular flexibility index (Phi) is 6.87. The van der Waals surface area contributed by atoms with E-state index in [1.165, 1.54) is 12.1 Å². The van der Waals surface area contributed by atoms with Crippen LogP contribution in [0.5, 0.6) is 0 Å². The molecule has 2 aromatic carbocycles. The lowest BCUT2D eigenvalue weighted by molar-refractivity contribution is -0.138. The van der Waals surface area contributed by atoms with Crippen LogP contribution in [0.3, 0.4) is 0 Å². The number of piperazine rings is 1. The molecule has 1 fully saturated rings. The molecular formula is C24H30FN3O2. The number of likely N-dealkylation sites (N-methyl/N-ethyl adjacent to an activating group) is 1. The molecule has 0 aromatic heterocycles. The SMILES string of the molecule is CN(Cc1ccc(F)cc1)C(=O)CN1CCN(C(=O)C(C)(C)c2ccccc2)CC1. The van der Waals surface area contributed by atoms with Gasteiger partial charge in [-0.2, -0.15) is 0 Å². The Morgan fingerprint density at radius 2 is 1.57 bits per heavy atom. The van der Waals surface area contributed by atoms with Gasteiger partial charge in [-0.1, -0.05) is 42.5 Å². The molecule has 0 N–H and O–H groups in total. The van der Waals surface area contributed by atoms with Crippen LogP contribution in [0.1, 0.15) is 25.0 Å². The number of amides is 2. The molecule has 1 saturated heterocycles. The fourth-order valence-electron chi connectivity index (χ4n) is 3.75. The van der Waals surface area contributed by atoms with Crippen molar-refractivity contribution in [3.63, 3.8) is 0 Å². The van der Waals surface area contributed by atoms with E-state index in [-0.39, 0.29) is 17.6 Å². The van der Waals surface area contributed by atoms with Gasteiger partial charge >= 0.3 is 0 Å². The number of nitrogens with zero attached hydrogens (tertiary/aromatic N) is 3. The fraction of sp³-hybridized carbons (Fsp3) is 0.417. The maximum absolute atomic E-state index is 13.1. The largest absolute Gasteiger partial charge is 0.340 e. The summed E-state index contributed by atoms with van der Waals surface area (Å²) in [5.41, 5.74) is 1.33. The second kappa shape index (κ2) is 9.39. The van der Waals surface area contributed by atoms with Crippen molar-refractivity contribution in [2.75, 3.05) is 39.8 Å². The van der Waals surface area contributed by atoms with Gasteiger partial charge in [0.1, 0.15) is 5.82 Å². The predicted octanol–water partition coefficient (Wildman–Crippen LogP) is 2.91. The van der Waals surface area contributed by atoms with Crippen molar-refractivity contribution in [1.29, 1.82) is 0 Å². The van der Waals surface area contributed by atoms with E-state index in [2.05, 4.69) is 4.90 Å². The van der Waals surface area contributed by atoms with E-state index in [1.807, 2.05) is 49.1 Å². The standard InChI is InChI=1S/C24H30FN3O2/c1-24(2,20-7-5-4-6-8-20)23(30)28-15-13-27(14-16-28)18-22(29)26(3)17-19-9-11-21(25)12-10-19/h4-12H,13-18H2,1-3H3. The average Bonchev–Trinajstić information content (AvgIpc) is 2.76. The number of halogens is 1. The molecule has 0 bridgehead atoms. The number of hydrogen-bond acceptors (Lipinski definition) is 3. The highest BCUT2D eigenvalue weighted by atomic mass is 19.1. The number of benzene rings is 2. The molecule has 0 atom stereocenters. The topological polar surface area (TPSA) is 43.9 Å². The maximum atomic E-state index is 13.1. The maximum Gasteiger partial charge on any atom is 0.236 e. The Balaban J connectivity index is 1.49. The van der Waals surface area contributed by atoms with Gasteiger partial charge in [-0.15, -0.1) is 0 Å². The Morgan fingerprint density at radius 1 is 0.967 bits per heavy atom. The van der Waals surface area contributed by atoms with Crippen molar-refractivity contribution in [1.82, 2.24) is 14.7 Å². The molecule has 0 aliphatic carbocycles. The molecule has 0 unspecified atom stereocenters. The molecule has 1 heterocycles. The van der Waals surface area contributed by atoms with Crippen LogP contribution in [-0.2, 0) is 21.5 Å². The molecular weight excluding hydrogens is 381 g/mol. The number of hydrogen-bond donors (Lipinski definition) is 0. The van der Waals surface area contributed by atoms with Crippen molar-refractivity contribution in [2.24, 2.45) is 0 Å². The number of carbonyl (C=O) groups excluding carboxylic acids is 2. The Labute approximate surface area is 178 Å². The minimum absolute atomic E-state index is 0.0173. The number of rotatable bonds is 6. The minimum Gasteiger partial charge on any atom is -0.340 e. The van der Waals surface area contributed by atoms with Crippen LogP contribution < -0.4 is 0 Å². The van der Waals surface area contributed by atoms with E-state index in [4.69, 9.17) is 0 Å². The predicted molar refractivity (Wildman–Crippen MR) is 115 cm³/mol. The molecule has 1 aliphatic heterocycles. The fourth-order valence-corrected chi connectivity index (χ4v) is 3.75. The van der Waals surface area contributed by atoms with Crippen molar-refractivity contribution >= 4 is 11.8 Å². The van der Waals surface area contributed by atoms with Crippen LogP contribution in [-0.4, -0.2) is 66.3 Å². The normalized spacial score (nSPS) is 15.1. The molecule has 0 saturated carbocycles. The average molecular weight is 412 g/mol. The van der Waals surface area contributed by atoms with E-state index >= 15 is 0 Å². The van der Waals surface area contributed by atoms with E-state index in [0.29, 0.717) is 39.3 Å². The van der Waals surface area contributed by atoms with Crippen molar-refractivity contribution in [3.8, 4) is 0 Å². The van der Waals surface area contributed by atoms with E-state index < -0.39 is 5.41 Å². The molecule has 3 rings (SSSR count). The Hall–Kier alpha value is -2.73. The second-order valence-electron chi connectivity index (χ2n) is 8.44. The second-order valence-corrected chi connectivity index (χ2v) is 8.44. The summed E-state index contributed by atoms with van der Waals surface area (Å²) in [4.78, 5) is 31.3. The first-order valence-corrected chi connectivity index (χ1v) is 10.3. The van der Waals surface area contributed by atoms with Crippen molar-refractivity contribution < 1.29 is 14.0 Å². The first kappa shape index (κ1) is 22.0. The van der Waals surface area contributed by atoms with Crippen LogP contribution in [0, 0.1) is 5.82 Å². The lowest BCUT2D eigenvalue weighted by Gasteiger charge is -2.39. The molecule has 5 nitrogen and oxygen atoms in total. The lowest BCUT2D eigenvalue weighted by atomic mass is 9.83. The zero-order valence-corrected chi connectivity index (χ0v) is 18.0. The van der Waals surface area contributed by atoms with Crippen LogP contribution >= 0.6 is 0 Å². The third-order valence-electron chi connectivity index (χ3n) is 5.81. The van der Waals surface area contributed by atoms with Gasteiger partial charge in [0.05, 0.1) is 12.0 Å². The van der Waals surface area contributed by atoms with Gasteiger partial charge < -0.3 is 9.80 Å². The first-order valence-electron chi connectivity index (χ1n) is 10.3. The molecule has 2 amide bonds. The van der Waals surface area contributed by atoms with Crippen LogP contribution in [0.15, 0.2) is 54.6 Å². The summed E-state index contributed by atoms with van der Waals surface area (Å²) in [5, 5.41) is 0. The highest BCUT2D eigenvalue weighted by Gasteiger charge is 2.35. The molecule has 160 valence electrons. The van der Waals surface area contributed by atoms with Gasteiger partial charge in [0.25, 0.3) is 0 Å². The summed E-state index contributed by atoms with van der Waals surface area (Å²) >= 11 is 0. The lowest BCUT2D eigenvalue weighted by Crippen LogP contribution is -2.54. The van der Waals surface area contributed by atoms with Gasteiger partial charge in [-0.25, -0.2) is 4.39 Å².